The Morgan fingerprint density at radius 2 is 2.11 bits per heavy atom. The molecule has 1 aliphatic rings. The number of hydrogen-bond acceptors (Lipinski definition) is 2. The van der Waals surface area contributed by atoms with Gasteiger partial charge in [-0.15, -0.1) is 0 Å². The molecule has 0 saturated carbocycles. The summed E-state index contributed by atoms with van der Waals surface area (Å²) in [6.45, 7) is 3.53. The number of carbonyl (C=O) groups excluding carboxylic acids is 1. The van der Waals surface area contributed by atoms with Crippen LogP contribution in [-0.2, 0) is 4.79 Å². The number of rotatable bonds is 0. The minimum Gasteiger partial charge on any atom is -0.287 e. The fourth-order valence-electron chi connectivity index (χ4n) is 0.472. The SMILES string of the molecule is C=C1C(=O)C=NS1(=C)=C. The van der Waals surface area contributed by atoms with Crippen LogP contribution in [0.1, 0.15) is 0 Å². The lowest BCUT2D eigenvalue weighted by Crippen LogP contribution is -1.92. The van der Waals surface area contributed by atoms with Gasteiger partial charge in [0.1, 0.15) is 0 Å². The van der Waals surface area contributed by atoms with Gasteiger partial charge in [-0.2, -0.15) is 0 Å². The van der Waals surface area contributed by atoms with Crippen molar-refractivity contribution in [3.05, 3.63) is 11.5 Å². The molecule has 0 atom stereocenters. The normalized spacial score (nSPS) is 23.1. The van der Waals surface area contributed by atoms with Crippen LogP contribution in [0, 0.1) is 0 Å². The Balaban J connectivity index is 3.32. The zero-order valence-electron chi connectivity index (χ0n) is 4.96. The molecule has 0 saturated heterocycles. The summed E-state index contributed by atoms with van der Waals surface area (Å²) in [5.41, 5.74) is 0. The molecule has 0 aromatic rings. The fourth-order valence-corrected chi connectivity index (χ4v) is 1.32. The number of hydrogen-bond donors (Lipinski definition) is 0. The first kappa shape index (κ1) is 6.29. The van der Waals surface area contributed by atoms with E-state index in [1.54, 1.807) is 0 Å². The molecular weight excluding hydrogens is 134 g/mol. The van der Waals surface area contributed by atoms with Gasteiger partial charge in [0.2, 0.25) is 5.78 Å². The van der Waals surface area contributed by atoms with Gasteiger partial charge in [0.15, 0.2) is 0 Å². The molecule has 0 fully saturated rings. The van der Waals surface area contributed by atoms with Crippen LogP contribution in [0.15, 0.2) is 15.9 Å². The second kappa shape index (κ2) is 1.57. The summed E-state index contributed by atoms with van der Waals surface area (Å²) in [7, 11) is -1.65. The third kappa shape index (κ3) is 0.833. The van der Waals surface area contributed by atoms with Crippen molar-refractivity contribution in [3.8, 4) is 0 Å². The second-order valence-corrected chi connectivity index (χ2v) is 4.25. The number of nitrogens with zero attached hydrogens (tertiary/aromatic N) is 1. The molecule has 3 heteroatoms. The molecule has 0 amide bonds. The highest BCUT2D eigenvalue weighted by atomic mass is 32.2. The van der Waals surface area contributed by atoms with Crippen LogP contribution < -0.4 is 0 Å². The lowest BCUT2D eigenvalue weighted by Gasteiger charge is -1.98. The first-order valence-electron chi connectivity index (χ1n) is 2.32. The summed E-state index contributed by atoms with van der Waals surface area (Å²) >= 11 is 0. The van der Waals surface area contributed by atoms with Crippen LogP contribution >= 0.6 is 9.39 Å². The van der Waals surface area contributed by atoms with Crippen molar-refractivity contribution >= 4 is 33.1 Å². The van der Waals surface area contributed by atoms with Crippen molar-refractivity contribution in [3.63, 3.8) is 0 Å². The molecule has 0 aromatic carbocycles. The summed E-state index contributed by atoms with van der Waals surface area (Å²) in [4.78, 5) is 11.1. The van der Waals surface area contributed by atoms with Crippen molar-refractivity contribution in [1.82, 2.24) is 0 Å². The summed E-state index contributed by atoms with van der Waals surface area (Å²) in [6, 6.07) is 0. The van der Waals surface area contributed by atoms with Gasteiger partial charge in [-0.3, -0.25) is 4.79 Å². The van der Waals surface area contributed by atoms with Crippen LogP contribution in [0.2, 0.25) is 0 Å². The largest absolute Gasteiger partial charge is 0.287 e. The van der Waals surface area contributed by atoms with Crippen LogP contribution in [0.25, 0.3) is 0 Å². The molecule has 0 spiro atoms. The standard InChI is InChI=1S/C6H7NOS/c1-5-6(8)4-7-9(5,2)3/h4H,1-3H2. The monoisotopic (exact) mass is 141 g/mol. The molecule has 48 valence electrons. The summed E-state index contributed by atoms with van der Waals surface area (Å²) < 4.78 is 3.82. The van der Waals surface area contributed by atoms with Gasteiger partial charge in [-0.05, 0) is 0 Å². The third-order valence-electron chi connectivity index (χ3n) is 1.11. The van der Waals surface area contributed by atoms with E-state index in [-0.39, 0.29) is 5.78 Å². The maximum absolute atomic E-state index is 10.7. The molecular formula is C6H7NOS. The molecule has 1 rings (SSSR count). The second-order valence-electron chi connectivity index (χ2n) is 1.86. The third-order valence-corrected chi connectivity index (χ3v) is 2.73. The fraction of sp³-hybridized carbons (Fsp3) is 0. The maximum atomic E-state index is 10.7. The van der Waals surface area contributed by atoms with E-state index in [1.807, 2.05) is 0 Å². The van der Waals surface area contributed by atoms with Crippen LogP contribution in [-0.4, -0.2) is 23.7 Å². The summed E-state index contributed by atoms with van der Waals surface area (Å²) in [5.74, 6) is 7.18. The van der Waals surface area contributed by atoms with Crippen molar-refractivity contribution in [2.45, 2.75) is 0 Å². The molecule has 0 bridgehead atoms. The zero-order valence-corrected chi connectivity index (χ0v) is 5.78. The highest BCUT2D eigenvalue weighted by Gasteiger charge is 2.14. The number of carbonyl (C=O) groups is 1. The van der Waals surface area contributed by atoms with Gasteiger partial charge < -0.3 is 0 Å². The maximum Gasteiger partial charge on any atom is 0.211 e. The molecule has 0 unspecified atom stereocenters. The van der Waals surface area contributed by atoms with Gasteiger partial charge in [-0.1, -0.05) is 27.7 Å². The molecule has 0 aromatic heterocycles. The van der Waals surface area contributed by atoms with Gasteiger partial charge >= 0.3 is 0 Å². The van der Waals surface area contributed by atoms with Crippen molar-refractivity contribution < 1.29 is 4.79 Å². The molecule has 9 heavy (non-hydrogen) atoms. The zero-order chi connectivity index (χ0) is 7.07. The number of Topliss-reactive ketones (excluding diaryl/α,β-unsaturated/α-hetero) is 1. The van der Waals surface area contributed by atoms with Crippen LogP contribution in [0.4, 0.5) is 0 Å². The Hall–Kier alpha value is -0.830. The van der Waals surface area contributed by atoms with E-state index in [9.17, 15) is 4.79 Å². The van der Waals surface area contributed by atoms with Gasteiger partial charge in [0, 0.05) is 0 Å². The van der Waals surface area contributed by atoms with E-state index in [0.717, 1.165) is 0 Å². The minimum atomic E-state index is -1.65. The predicted molar refractivity (Wildman–Crippen MR) is 44.5 cm³/mol. The minimum absolute atomic E-state index is 0.130. The lowest BCUT2D eigenvalue weighted by atomic mass is 10.4. The number of ketones is 1. The van der Waals surface area contributed by atoms with Crippen molar-refractivity contribution in [1.29, 1.82) is 0 Å². The predicted octanol–water partition coefficient (Wildman–Crippen LogP) is 0.737. The Morgan fingerprint density at radius 1 is 1.56 bits per heavy atom. The van der Waals surface area contributed by atoms with E-state index in [1.165, 1.54) is 6.21 Å². The average Bonchev–Trinajstić information content (AvgIpc) is 1.97. The summed E-state index contributed by atoms with van der Waals surface area (Å²) in [5, 5.41) is 0. The van der Waals surface area contributed by atoms with Gasteiger partial charge in [0.05, 0.1) is 11.1 Å². The Labute approximate surface area is 54.5 Å². The summed E-state index contributed by atoms with van der Waals surface area (Å²) in [6.07, 6.45) is 1.25. The van der Waals surface area contributed by atoms with Crippen molar-refractivity contribution in [2.75, 3.05) is 0 Å². The molecule has 1 heterocycles. The van der Waals surface area contributed by atoms with Gasteiger partial charge in [-0.25, -0.2) is 4.40 Å². The topological polar surface area (TPSA) is 29.4 Å². The highest BCUT2D eigenvalue weighted by Crippen LogP contribution is 2.34. The van der Waals surface area contributed by atoms with Crippen LogP contribution in [0.5, 0.6) is 0 Å². The average molecular weight is 141 g/mol. The Bertz CT molecular complexity index is 295. The smallest absolute Gasteiger partial charge is 0.211 e. The number of allylic oxidation sites excluding steroid dienone is 1. The van der Waals surface area contributed by atoms with E-state index < -0.39 is 9.39 Å². The molecule has 2 nitrogen and oxygen atoms in total. The molecule has 0 radical (unpaired) electrons. The van der Waals surface area contributed by atoms with Crippen molar-refractivity contribution in [2.24, 2.45) is 4.40 Å². The Morgan fingerprint density at radius 3 is 2.22 bits per heavy atom. The van der Waals surface area contributed by atoms with E-state index >= 15 is 0 Å². The first-order valence-corrected chi connectivity index (χ1v) is 4.25. The molecule has 0 aliphatic carbocycles. The Kier molecular flexibility index (Phi) is 1.10. The molecule has 1 aliphatic heterocycles. The van der Waals surface area contributed by atoms with Gasteiger partial charge in [0.25, 0.3) is 0 Å². The van der Waals surface area contributed by atoms with E-state index in [2.05, 4.69) is 22.7 Å². The van der Waals surface area contributed by atoms with E-state index in [4.69, 9.17) is 0 Å². The van der Waals surface area contributed by atoms with Crippen LogP contribution in [0.3, 0.4) is 0 Å². The molecule has 0 N–H and O–H groups in total. The van der Waals surface area contributed by atoms with E-state index in [0.29, 0.717) is 4.91 Å². The quantitative estimate of drug-likeness (QED) is 0.361. The lowest BCUT2D eigenvalue weighted by molar-refractivity contribution is -0.108. The first-order chi connectivity index (χ1) is 4.04. The highest BCUT2D eigenvalue weighted by molar-refractivity contribution is 8.31.